The van der Waals surface area contributed by atoms with Crippen LogP contribution in [0.3, 0.4) is 0 Å². The van der Waals surface area contributed by atoms with Crippen LogP contribution in [-0.2, 0) is 10.8 Å². The monoisotopic (exact) mass is 432 g/mol. The number of hydrogen-bond acceptors (Lipinski definition) is 0. The van der Waals surface area contributed by atoms with Crippen molar-refractivity contribution in [2.24, 2.45) is 0 Å². The standard InChI is InChI=1S/C33H36/c1-23-11-8-12-24(17-23)27-18-28(25-13-9-15-30(21-25)32(2,3)4)20-29(19-27)26-14-10-16-31(22-26)33(5,6)7/h8-22H,1-7H3. The molecule has 0 bridgehead atoms. The summed E-state index contributed by atoms with van der Waals surface area (Å²) in [6.07, 6.45) is 0. The Hall–Kier alpha value is -3.12. The van der Waals surface area contributed by atoms with Gasteiger partial charge in [-0.3, -0.25) is 0 Å². The summed E-state index contributed by atoms with van der Waals surface area (Å²) in [5.41, 5.74) is 11.8. The smallest absolute Gasteiger partial charge is 0.0132 e. The molecule has 0 unspecified atom stereocenters. The quantitative estimate of drug-likeness (QED) is 0.302. The topological polar surface area (TPSA) is 0 Å². The molecular formula is C33H36. The van der Waals surface area contributed by atoms with E-state index in [1.807, 2.05) is 0 Å². The van der Waals surface area contributed by atoms with Crippen molar-refractivity contribution in [1.82, 2.24) is 0 Å². The zero-order valence-electron chi connectivity index (χ0n) is 21.2. The molecule has 0 saturated carbocycles. The minimum absolute atomic E-state index is 0.119. The first-order valence-electron chi connectivity index (χ1n) is 11.9. The van der Waals surface area contributed by atoms with Gasteiger partial charge in [-0.05, 0) is 80.5 Å². The largest absolute Gasteiger partial charge is 0.0614 e. The van der Waals surface area contributed by atoms with Gasteiger partial charge < -0.3 is 0 Å². The fraction of sp³-hybridized carbons (Fsp3) is 0.273. The summed E-state index contributed by atoms with van der Waals surface area (Å²) >= 11 is 0. The van der Waals surface area contributed by atoms with Gasteiger partial charge in [-0.1, -0.05) is 120 Å². The first-order valence-corrected chi connectivity index (χ1v) is 11.9. The summed E-state index contributed by atoms with van der Waals surface area (Å²) in [5, 5.41) is 0. The lowest BCUT2D eigenvalue weighted by Gasteiger charge is -2.21. The third kappa shape index (κ3) is 5.28. The van der Waals surface area contributed by atoms with E-state index in [9.17, 15) is 0 Å². The highest BCUT2D eigenvalue weighted by molar-refractivity contribution is 5.81. The molecule has 168 valence electrons. The number of aryl methyl sites for hydroxylation is 1. The fourth-order valence-electron chi connectivity index (χ4n) is 4.28. The molecule has 33 heavy (non-hydrogen) atoms. The van der Waals surface area contributed by atoms with E-state index in [0.29, 0.717) is 0 Å². The van der Waals surface area contributed by atoms with Crippen molar-refractivity contribution in [3.63, 3.8) is 0 Å². The molecule has 4 rings (SSSR count). The highest BCUT2D eigenvalue weighted by atomic mass is 14.2. The van der Waals surface area contributed by atoms with E-state index in [1.54, 1.807) is 0 Å². The van der Waals surface area contributed by atoms with Crippen molar-refractivity contribution in [3.05, 3.63) is 108 Å². The Morgan fingerprint density at radius 3 is 1.12 bits per heavy atom. The Labute approximate surface area is 200 Å². The maximum absolute atomic E-state index is 2.35. The zero-order valence-corrected chi connectivity index (χ0v) is 21.2. The molecule has 0 aliphatic carbocycles. The highest BCUT2D eigenvalue weighted by Crippen LogP contribution is 2.36. The molecule has 0 radical (unpaired) electrons. The van der Waals surface area contributed by atoms with E-state index >= 15 is 0 Å². The molecule has 0 spiro atoms. The summed E-state index contributed by atoms with van der Waals surface area (Å²) in [6.45, 7) is 15.8. The highest BCUT2D eigenvalue weighted by Gasteiger charge is 2.16. The van der Waals surface area contributed by atoms with Crippen LogP contribution >= 0.6 is 0 Å². The average molecular weight is 433 g/mol. The zero-order chi connectivity index (χ0) is 23.8. The molecule has 0 nitrogen and oxygen atoms in total. The SMILES string of the molecule is Cc1cccc(-c2cc(-c3cccc(C(C)(C)C)c3)cc(-c3cccc(C(C)(C)C)c3)c2)c1. The van der Waals surface area contributed by atoms with Crippen molar-refractivity contribution >= 4 is 0 Å². The van der Waals surface area contributed by atoms with Crippen molar-refractivity contribution in [3.8, 4) is 33.4 Å². The summed E-state index contributed by atoms with van der Waals surface area (Å²) < 4.78 is 0. The van der Waals surface area contributed by atoms with Crippen LogP contribution in [0.4, 0.5) is 0 Å². The van der Waals surface area contributed by atoms with Crippen LogP contribution in [0.15, 0.2) is 91.0 Å². The van der Waals surface area contributed by atoms with Crippen LogP contribution in [0.5, 0.6) is 0 Å². The molecule has 4 aromatic carbocycles. The Morgan fingerprint density at radius 2 is 0.758 bits per heavy atom. The van der Waals surface area contributed by atoms with E-state index in [-0.39, 0.29) is 10.8 Å². The van der Waals surface area contributed by atoms with Crippen LogP contribution in [0.2, 0.25) is 0 Å². The minimum atomic E-state index is 0.119. The first kappa shape index (κ1) is 23.1. The molecule has 0 N–H and O–H groups in total. The molecular weight excluding hydrogens is 396 g/mol. The van der Waals surface area contributed by atoms with Crippen LogP contribution < -0.4 is 0 Å². The fourth-order valence-corrected chi connectivity index (χ4v) is 4.28. The minimum Gasteiger partial charge on any atom is -0.0614 e. The Kier molecular flexibility index (Phi) is 6.06. The van der Waals surface area contributed by atoms with E-state index in [4.69, 9.17) is 0 Å². The van der Waals surface area contributed by atoms with Crippen molar-refractivity contribution in [2.75, 3.05) is 0 Å². The maximum Gasteiger partial charge on any atom is -0.0132 e. The van der Waals surface area contributed by atoms with Gasteiger partial charge in [0.1, 0.15) is 0 Å². The first-order chi connectivity index (χ1) is 15.5. The second kappa shape index (κ2) is 8.67. The lowest BCUT2D eigenvalue weighted by molar-refractivity contribution is 0.590. The number of hydrogen-bond donors (Lipinski definition) is 0. The van der Waals surface area contributed by atoms with Gasteiger partial charge in [-0.25, -0.2) is 0 Å². The van der Waals surface area contributed by atoms with Crippen LogP contribution in [0.1, 0.15) is 58.2 Å². The predicted molar refractivity (Wildman–Crippen MR) is 145 cm³/mol. The molecule has 0 aromatic heterocycles. The predicted octanol–water partition coefficient (Wildman–Crippen LogP) is 9.59. The van der Waals surface area contributed by atoms with Crippen LogP contribution in [-0.4, -0.2) is 0 Å². The van der Waals surface area contributed by atoms with E-state index < -0.39 is 0 Å². The van der Waals surface area contributed by atoms with Gasteiger partial charge in [-0.2, -0.15) is 0 Å². The molecule has 0 aliphatic rings. The van der Waals surface area contributed by atoms with Gasteiger partial charge in [-0.15, -0.1) is 0 Å². The average Bonchev–Trinajstić information content (AvgIpc) is 2.78. The molecule has 0 atom stereocenters. The molecule has 0 fully saturated rings. The molecule has 0 heteroatoms. The second-order valence-electron chi connectivity index (χ2n) is 11.3. The third-order valence-corrected chi connectivity index (χ3v) is 6.41. The van der Waals surface area contributed by atoms with Crippen molar-refractivity contribution in [2.45, 2.75) is 59.3 Å². The second-order valence-corrected chi connectivity index (χ2v) is 11.3. The third-order valence-electron chi connectivity index (χ3n) is 6.41. The van der Waals surface area contributed by atoms with E-state index in [2.05, 4.69) is 139 Å². The molecule has 0 aliphatic heterocycles. The lowest BCUT2D eigenvalue weighted by Crippen LogP contribution is -2.10. The number of rotatable bonds is 3. The Morgan fingerprint density at radius 1 is 0.394 bits per heavy atom. The Bertz CT molecular complexity index is 1200. The van der Waals surface area contributed by atoms with E-state index in [1.165, 1.54) is 50.1 Å². The van der Waals surface area contributed by atoms with Crippen molar-refractivity contribution < 1.29 is 0 Å². The van der Waals surface area contributed by atoms with Gasteiger partial charge in [0.25, 0.3) is 0 Å². The van der Waals surface area contributed by atoms with Gasteiger partial charge in [0.2, 0.25) is 0 Å². The van der Waals surface area contributed by atoms with Gasteiger partial charge in [0.05, 0.1) is 0 Å². The summed E-state index contributed by atoms with van der Waals surface area (Å²) in [7, 11) is 0. The molecule has 0 heterocycles. The van der Waals surface area contributed by atoms with Crippen LogP contribution in [0.25, 0.3) is 33.4 Å². The molecule has 0 amide bonds. The summed E-state index contributed by atoms with van der Waals surface area (Å²) in [4.78, 5) is 0. The molecule has 0 saturated heterocycles. The van der Waals surface area contributed by atoms with E-state index in [0.717, 1.165) is 0 Å². The van der Waals surface area contributed by atoms with Gasteiger partial charge in [0.15, 0.2) is 0 Å². The maximum atomic E-state index is 2.35. The number of benzene rings is 4. The summed E-state index contributed by atoms with van der Waals surface area (Å²) in [5.74, 6) is 0. The van der Waals surface area contributed by atoms with Gasteiger partial charge in [0, 0.05) is 0 Å². The normalized spacial score (nSPS) is 12.1. The summed E-state index contributed by atoms with van der Waals surface area (Å²) in [6, 6.07) is 33.9. The lowest BCUT2D eigenvalue weighted by atomic mass is 9.84. The molecule has 4 aromatic rings. The Balaban J connectivity index is 1.92. The van der Waals surface area contributed by atoms with Crippen molar-refractivity contribution in [1.29, 1.82) is 0 Å². The van der Waals surface area contributed by atoms with Gasteiger partial charge >= 0.3 is 0 Å². The van der Waals surface area contributed by atoms with Crippen LogP contribution in [0, 0.1) is 6.92 Å².